The van der Waals surface area contributed by atoms with Crippen LogP contribution in [0.5, 0.6) is 0 Å². The summed E-state index contributed by atoms with van der Waals surface area (Å²) >= 11 is 0. The van der Waals surface area contributed by atoms with Crippen LogP contribution in [0.15, 0.2) is 6.07 Å². The fourth-order valence-corrected chi connectivity index (χ4v) is 3.21. The maximum Gasteiger partial charge on any atom is 0.0337 e. The Kier molecular flexibility index (Phi) is 3.44. The molecule has 3 heteroatoms. The van der Waals surface area contributed by atoms with Crippen LogP contribution in [-0.4, -0.2) is 42.2 Å². The van der Waals surface area contributed by atoms with E-state index in [1.165, 1.54) is 50.3 Å². The predicted octanol–water partition coefficient (Wildman–Crippen LogP) is 1.89. The summed E-state index contributed by atoms with van der Waals surface area (Å²) in [5, 5.41) is 3.41. The summed E-state index contributed by atoms with van der Waals surface area (Å²) in [4.78, 5) is 2.58. The zero-order chi connectivity index (χ0) is 12.5. The standard InChI is InChI=1S/C15H25N3/c1-12-11-14(13(2)18(12)15-3-4-15)5-8-17-9-6-16-7-10-17/h11,15-16H,3-10H2,1-2H3. The fourth-order valence-electron chi connectivity index (χ4n) is 3.21. The van der Waals surface area contributed by atoms with Crippen LogP contribution in [0.3, 0.4) is 0 Å². The molecule has 0 spiro atoms. The van der Waals surface area contributed by atoms with Crippen LogP contribution < -0.4 is 5.32 Å². The van der Waals surface area contributed by atoms with Crippen molar-refractivity contribution in [2.45, 2.75) is 39.2 Å². The van der Waals surface area contributed by atoms with Crippen LogP contribution in [0, 0.1) is 13.8 Å². The predicted molar refractivity (Wildman–Crippen MR) is 75.2 cm³/mol. The third kappa shape index (κ3) is 2.47. The summed E-state index contributed by atoms with van der Waals surface area (Å²) in [5.41, 5.74) is 4.55. The van der Waals surface area contributed by atoms with Gasteiger partial charge < -0.3 is 14.8 Å². The molecule has 3 rings (SSSR count). The number of hydrogen-bond donors (Lipinski definition) is 1. The lowest BCUT2D eigenvalue weighted by molar-refractivity contribution is 0.244. The molecular formula is C15H25N3. The van der Waals surface area contributed by atoms with Gasteiger partial charge in [-0.05, 0) is 44.7 Å². The van der Waals surface area contributed by atoms with E-state index in [2.05, 4.69) is 34.7 Å². The number of aromatic nitrogens is 1. The number of nitrogens with one attached hydrogen (secondary N) is 1. The highest BCUT2D eigenvalue weighted by atomic mass is 15.2. The van der Waals surface area contributed by atoms with Gasteiger partial charge in [-0.1, -0.05) is 0 Å². The fraction of sp³-hybridized carbons (Fsp3) is 0.733. The lowest BCUT2D eigenvalue weighted by Gasteiger charge is -2.27. The van der Waals surface area contributed by atoms with Crippen molar-refractivity contribution in [3.05, 3.63) is 23.0 Å². The van der Waals surface area contributed by atoms with Crippen molar-refractivity contribution in [1.29, 1.82) is 0 Å². The van der Waals surface area contributed by atoms with Crippen molar-refractivity contribution >= 4 is 0 Å². The number of piperazine rings is 1. The van der Waals surface area contributed by atoms with Crippen molar-refractivity contribution in [1.82, 2.24) is 14.8 Å². The number of aryl methyl sites for hydroxylation is 1. The van der Waals surface area contributed by atoms with Gasteiger partial charge in [-0.25, -0.2) is 0 Å². The molecule has 3 nitrogen and oxygen atoms in total. The Labute approximate surface area is 110 Å². The minimum Gasteiger partial charge on any atom is -0.346 e. The normalized spacial score (nSPS) is 21.4. The lowest BCUT2D eigenvalue weighted by Crippen LogP contribution is -2.44. The maximum atomic E-state index is 3.41. The van der Waals surface area contributed by atoms with Gasteiger partial charge in [0.15, 0.2) is 0 Å². The Morgan fingerprint density at radius 2 is 1.94 bits per heavy atom. The quantitative estimate of drug-likeness (QED) is 0.877. The summed E-state index contributed by atoms with van der Waals surface area (Å²) in [5.74, 6) is 0. The van der Waals surface area contributed by atoms with Crippen molar-refractivity contribution < 1.29 is 0 Å². The molecule has 1 aliphatic carbocycles. The molecule has 1 N–H and O–H groups in total. The number of hydrogen-bond acceptors (Lipinski definition) is 2. The zero-order valence-electron chi connectivity index (χ0n) is 11.7. The van der Waals surface area contributed by atoms with Crippen molar-refractivity contribution in [2.75, 3.05) is 32.7 Å². The molecule has 100 valence electrons. The van der Waals surface area contributed by atoms with Crippen LogP contribution in [0.1, 0.15) is 35.8 Å². The first-order valence-electron chi connectivity index (χ1n) is 7.36. The first-order chi connectivity index (χ1) is 8.75. The molecule has 1 aliphatic heterocycles. The van der Waals surface area contributed by atoms with Crippen molar-refractivity contribution in [3.8, 4) is 0 Å². The Bertz CT molecular complexity index is 412. The van der Waals surface area contributed by atoms with E-state index in [1.807, 2.05) is 0 Å². The maximum absolute atomic E-state index is 3.41. The SMILES string of the molecule is Cc1cc(CCN2CCNCC2)c(C)n1C1CC1. The number of nitrogens with zero attached hydrogens (tertiary/aromatic N) is 2. The lowest BCUT2D eigenvalue weighted by atomic mass is 10.1. The van der Waals surface area contributed by atoms with Gasteiger partial charge in [0.05, 0.1) is 0 Å². The summed E-state index contributed by atoms with van der Waals surface area (Å²) < 4.78 is 2.56. The van der Waals surface area contributed by atoms with E-state index in [0.29, 0.717) is 0 Å². The Morgan fingerprint density at radius 1 is 1.22 bits per heavy atom. The van der Waals surface area contributed by atoms with E-state index in [9.17, 15) is 0 Å². The van der Waals surface area contributed by atoms with Crippen molar-refractivity contribution in [2.24, 2.45) is 0 Å². The van der Waals surface area contributed by atoms with Gasteiger partial charge in [-0.2, -0.15) is 0 Å². The molecule has 0 aromatic carbocycles. The Balaban J connectivity index is 1.63. The molecule has 0 atom stereocenters. The zero-order valence-corrected chi connectivity index (χ0v) is 11.7. The van der Waals surface area contributed by atoms with Crippen LogP contribution >= 0.6 is 0 Å². The second-order valence-corrected chi connectivity index (χ2v) is 5.84. The van der Waals surface area contributed by atoms with E-state index in [1.54, 1.807) is 5.56 Å². The van der Waals surface area contributed by atoms with E-state index in [0.717, 1.165) is 19.1 Å². The molecule has 1 saturated heterocycles. The summed E-state index contributed by atoms with van der Waals surface area (Å²) in [7, 11) is 0. The monoisotopic (exact) mass is 247 g/mol. The second kappa shape index (κ2) is 5.06. The second-order valence-electron chi connectivity index (χ2n) is 5.84. The van der Waals surface area contributed by atoms with Crippen molar-refractivity contribution in [3.63, 3.8) is 0 Å². The van der Waals surface area contributed by atoms with Gasteiger partial charge in [0.25, 0.3) is 0 Å². The molecule has 1 aromatic rings. The Morgan fingerprint density at radius 3 is 2.61 bits per heavy atom. The van der Waals surface area contributed by atoms with Gasteiger partial charge in [0.2, 0.25) is 0 Å². The first kappa shape index (κ1) is 12.2. The third-order valence-corrected chi connectivity index (χ3v) is 4.41. The highest BCUT2D eigenvalue weighted by molar-refractivity contribution is 5.28. The van der Waals surface area contributed by atoms with Gasteiger partial charge in [0.1, 0.15) is 0 Å². The molecule has 1 saturated carbocycles. The van der Waals surface area contributed by atoms with Crippen LogP contribution in [0.2, 0.25) is 0 Å². The van der Waals surface area contributed by atoms with E-state index in [4.69, 9.17) is 0 Å². The van der Waals surface area contributed by atoms with Gasteiger partial charge in [-0.3, -0.25) is 0 Å². The summed E-state index contributed by atoms with van der Waals surface area (Å²) in [6, 6.07) is 3.23. The van der Waals surface area contributed by atoms with Gasteiger partial charge in [-0.15, -0.1) is 0 Å². The van der Waals surface area contributed by atoms with Gasteiger partial charge >= 0.3 is 0 Å². The minimum atomic E-state index is 0.818. The van der Waals surface area contributed by atoms with E-state index < -0.39 is 0 Å². The summed E-state index contributed by atoms with van der Waals surface area (Å²) in [6.45, 7) is 10.5. The summed E-state index contributed by atoms with van der Waals surface area (Å²) in [6.07, 6.45) is 3.98. The molecule has 0 unspecified atom stereocenters. The van der Waals surface area contributed by atoms with Crippen LogP contribution in [0.25, 0.3) is 0 Å². The average molecular weight is 247 g/mol. The molecule has 0 bridgehead atoms. The minimum absolute atomic E-state index is 0.818. The topological polar surface area (TPSA) is 20.2 Å². The molecule has 2 heterocycles. The molecule has 1 aromatic heterocycles. The average Bonchev–Trinajstić information content (AvgIpc) is 3.16. The van der Waals surface area contributed by atoms with E-state index >= 15 is 0 Å². The highest BCUT2D eigenvalue weighted by Gasteiger charge is 2.26. The Hall–Kier alpha value is -0.800. The van der Waals surface area contributed by atoms with Gasteiger partial charge in [0, 0.05) is 50.2 Å². The molecular weight excluding hydrogens is 222 g/mol. The third-order valence-electron chi connectivity index (χ3n) is 4.41. The molecule has 2 fully saturated rings. The smallest absolute Gasteiger partial charge is 0.0337 e. The first-order valence-corrected chi connectivity index (χ1v) is 7.36. The molecule has 0 radical (unpaired) electrons. The molecule has 2 aliphatic rings. The highest BCUT2D eigenvalue weighted by Crippen LogP contribution is 2.38. The largest absolute Gasteiger partial charge is 0.346 e. The number of rotatable bonds is 4. The van der Waals surface area contributed by atoms with Crippen LogP contribution in [-0.2, 0) is 6.42 Å². The molecule has 18 heavy (non-hydrogen) atoms. The van der Waals surface area contributed by atoms with Crippen LogP contribution in [0.4, 0.5) is 0 Å². The molecule has 0 amide bonds. The van der Waals surface area contributed by atoms with E-state index in [-0.39, 0.29) is 0 Å².